The summed E-state index contributed by atoms with van der Waals surface area (Å²) in [5, 5.41) is 9.34. The average Bonchev–Trinajstić information content (AvgIpc) is 3.13. The highest BCUT2D eigenvalue weighted by molar-refractivity contribution is 5.83. The monoisotopic (exact) mass is 345 g/mol. The van der Waals surface area contributed by atoms with Crippen LogP contribution in [0.4, 0.5) is 0 Å². The lowest BCUT2D eigenvalue weighted by Crippen LogP contribution is -2.44. The highest BCUT2D eigenvalue weighted by Crippen LogP contribution is 2.34. The van der Waals surface area contributed by atoms with Crippen LogP contribution in [0.5, 0.6) is 0 Å². The van der Waals surface area contributed by atoms with E-state index >= 15 is 0 Å². The lowest BCUT2D eigenvalue weighted by molar-refractivity contribution is -0.146. The first-order valence-electron chi connectivity index (χ1n) is 9.30. The van der Waals surface area contributed by atoms with E-state index in [1.165, 1.54) is 0 Å². The first kappa shape index (κ1) is 17.9. The van der Waals surface area contributed by atoms with Crippen molar-refractivity contribution in [2.75, 3.05) is 19.7 Å². The van der Waals surface area contributed by atoms with E-state index in [9.17, 15) is 14.7 Å². The summed E-state index contributed by atoms with van der Waals surface area (Å²) in [5.74, 6) is -0.804. The fourth-order valence-corrected chi connectivity index (χ4v) is 4.25. The van der Waals surface area contributed by atoms with Crippen LogP contribution in [-0.4, -0.2) is 47.7 Å². The zero-order valence-corrected chi connectivity index (χ0v) is 14.8. The molecule has 5 heteroatoms. The normalized spacial score (nSPS) is 25.7. The maximum absolute atomic E-state index is 12.9. The molecule has 0 bridgehead atoms. The minimum absolute atomic E-state index is 0.0905. The quantitative estimate of drug-likeness (QED) is 0.891. The number of benzene rings is 1. The van der Waals surface area contributed by atoms with E-state index < -0.39 is 5.97 Å². The van der Waals surface area contributed by atoms with Crippen molar-refractivity contribution in [3.8, 4) is 0 Å². The molecule has 1 aromatic rings. The third-order valence-electron chi connectivity index (χ3n) is 5.68. The van der Waals surface area contributed by atoms with Gasteiger partial charge in [0.15, 0.2) is 0 Å². The van der Waals surface area contributed by atoms with Crippen molar-refractivity contribution >= 4 is 11.9 Å². The largest absolute Gasteiger partial charge is 0.481 e. The molecule has 2 heterocycles. The Morgan fingerprint density at radius 2 is 1.88 bits per heavy atom. The van der Waals surface area contributed by atoms with Crippen molar-refractivity contribution < 1.29 is 19.4 Å². The van der Waals surface area contributed by atoms with E-state index in [1.54, 1.807) is 0 Å². The van der Waals surface area contributed by atoms with Crippen LogP contribution in [0.2, 0.25) is 0 Å². The number of amides is 1. The van der Waals surface area contributed by atoms with Gasteiger partial charge in [0.05, 0.1) is 17.9 Å². The van der Waals surface area contributed by atoms with Crippen molar-refractivity contribution in [1.29, 1.82) is 0 Å². The molecule has 5 nitrogen and oxygen atoms in total. The molecule has 0 spiro atoms. The van der Waals surface area contributed by atoms with Gasteiger partial charge in [0.1, 0.15) is 0 Å². The summed E-state index contributed by atoms with van der Waals surface area (Å²) in [7, 11) is 0. The van der Waals surface area contributed by atoms with Gasteiger partial charge >= 0.3 is 5.97 Å². The summed E-state index contributed by atoms with van der Waals surface area (Å²) in [6, 6.07) is 9.94. The Morgan fingerprint density at radius 3 is 2.48 bits per heavy atom. The fraction of sp³-hybridized carbons (Fsp3) is 0.600. The lowest BCUT2D eigenvalue weighted by Gasteiger charge is -2.37. The number of carbonyl (C=O) groups excluding carboxylic acids is 1. The van der Waals surface area contributed by atoms with E-state index in [-0.39, 0.29) is 29.8 Å². The van der Waals surface area contributed by atoms with Gasteiger partial charge in [-0.25, -0.2) is 0 Å². The molecule has 0 aliphatic carbocycles. The minimum Gasteiger partial charge on any atom is -0.481 e. The van der Waals surface area contributed by atoms with Crippen LogP contribution in [0.15, 0.2) is 30.3 Å². The lowest BCUT2D eigenvalue weighted by atomic mass is 9.83. The van der Waals surface area contributed by atoms with Crippen molar-refractivity contribution in [2.45, 2.75) is 44.6 Å². The van der Waals surface area contributed by atoms with Gasteiger partial charge in [-0.15, -0.1) is 0 Å². The highest BCUT2D eigenvalue weighted by atomic mass is 16.5. The molecular weight excluding hydrogens is 318 g/mol. The first-order valence-corrected chi connectivity index (χ1v) is 9.30. The minimum atomic E-state index is -0.754. The number of nitrogens with zero attached hydrogens (tertiary/aromatic N) is 1. The molecule has 1 N–H and O–H groups in total. The summed E-state index contributed by atoms with van der Waals surface area (Å²) >= 11 is 0. The molecule has 2 aliphatic heterocycles. The SMILES string of the molecule is CCC(C(=O)N1CCC([C@@H]2OCCC2C(=O)O)CC1)c1ccccc1. The predicted molar refractivity (Wildman–Crippen MR) is 94.3 cm³/mol. The summed E-state index contributed by atoms with van der Waals surface area (Å²) in [5.41, 5.74) is 1.07. The molecule has 25 heavy (non-hydrogen) atoms. The third kappa shape index (κ3) is 3.87. The molecule has 1 aromatic carbocycles. The Balaban J connectivity index is 1.60. The maximum atomic E-state index is 12.9. The van der Waals surface area contributed by atoms with E-state index in [0.717, 1.165) is 24.8 Å². The zero-order chi connectivity index (χ0) is 17.8. The second-order valence-corrected chi connectivity index (χ2v) is 7.10. The second-order valence-electron chi connectivity index (χ2n) is 7.10. The Kier molecular flexibility index (Phi) is 5.74. The van der Waals surface area contributed by atoms with Crippen molar-refractivity contribution in [1.82, 2.24) is 4.90 Å². The Labute approximate surface area is 149 Å². The number of piperidine rings is 1. The number of carboxylic acids is 1. The number of rotatable bonds is 5. The van der Waals surface area contributed by atoms with E-state index in [0.29, 0.717) is 26.1 Å². The standard InChI is InChI=1S/C20H27NO4/c1-2-16(14-6-4-3-5-7-14)19(22)21-11-8-15(9-12-21)18-17(20(23)24)10-13-25-18/h3-7,15-18H,2,8-13H2,1H3,(H,23,24)/t16?,17?,18-/m0/s1. The summed E-state index contributed by atoms with van der Waals surface area (Å²) in [6.07, 6.45) is 2.85. The Hall–Kier alpha value is -1.88. The molecule has 2 fully saturated rings. The number of aliphatic carboxylic acids is 1. The Morgan fingerprint density at radius 1 is 1.20 bits per heavy atom. The van der Waals surface area contributed by atoms with Gasteiger partial charge in [0, 0.05) is 19.7 Å². The molecule has 0 aromatic heterocycles. The smallest absolute Gasteiger partial charge is 0.309 e. The van der Waals surface area contributed by atoms with Crippen LogP contribution in [0.25, 0.3) is 0 Å². The van der Waals surface area contributed by atoms with Gasteiger partial charge in [0.25, 0.3) is 0 Å². The number of ether oxygens (including phenoxy) is 1. The van der Waals surface area contributed by atoms with Crippen LogP contribution in [0.1, 0.15) is 44.1 Å². The molecule has 2 unspecified atom stereocenters. The topological polar surface area (TPSA) is 66.8 Å². The summed E-state index contributed by atoms with van der Waals surface area (Å²) in [6.45, 7) is 3.97. The number of carboxylic acid groups (broad SMARTS) is 1. The van der Waals surface area contributed by atoms with E-state index in [4.69, 9.17) is 4.74 Å². The molecule has 0 saturated carbocycles. The fourth-order valence-electron chi connectivity index (χ4n) is 4.25. The molecule has 3 rings (SSSR count). The van der Waals surface area contributed by atoms with Crippen molar-refractivity contribution in [2.24, 2.45) is 11.8 Å². The summed E-state index contributed by atoms with van der Waals surface area (Å²) in [4.78, 5) is 26.2. The van der Waals surface area contributed by atoms with Gasteiger partial charge < -0.3 is 14.7 Å². The zero-order valence-electron chi connectivity index (χ0n) is 14.8. The third-order valence-corrected chi connectivity index (χ3v) is 5.68. The number of likely N-dealkylation sites (tertiary alicyclic amines) is 1. The number of carbonyl (C=O) groups is 2. The van der Waals surface area contributed by atoms with Gasteiger partial charge in [-0.05, 0) is 37.2 Å². The maximum Gasteiger partial charge on any atom is 0.309 e. The van der Waals surface area contributed by atoms with E-state index in [1.807, 2.05) is 42.2 Å². The van der Waals surface area contributed by atoms with Gasteiger partial charge in [0.2, 0.25) is 5.91 Å². The highest BCUT2D eigenvalue weighted by Gasteiger charge is 2.41. The molecule has 136 valence electrons. The summed E-state index contributed by atoms with van der Waals surface area (Å²) < 4.78 is 5.72. The first-order chi connectivity index (χ1) is 12.1. The van der Waals surface area contributed by atoms with Gasteiger partial charge in [-0.3, -0.25) is 9.59 Å². The molecule has 2 aliphatic rings. The predicted octanol–water partition coefficient (Wildman–Crippen LogP) is 2.91. The van der Waals surface area contributed by atoms with Crippen LogP contribution >= 0.6 is 0 Å². The van der Waals surface area contributed by atoms with Gasteiger partial charge in [-0.2, -0.15) is 0 Å². The molecule has 3 atom stereocenters. The molecule has 0 radical (unpaired) electrons. The number of hydrogen-bond acceptors (Lipinski definition) is 3. The Bertz CT molecular complexity index is 595. The second kappa shape index (κ2) is 8.00. The van der Waals surface area contributed by atoms with Gasteiger partial charge in [-0.1, -0.05) is 37.3 Å². The van der Waals surface area contributed by atoms with Crippen LogP contribution in [0.3, 0.4) is 0 Å². The average molecular weight is 345 g/mol. The van der Waals surface area contributed by atoms with Crippen molar-refractivity contribution in [3.05, 3.63) is 35.9 Å². The van der Waals surface area contributed by atoms with Crippen LogP contribution < -0.4 is 0 Å². The van der Waals surface area contributed by atoms with Crippen molar-refractivity contribution in [3.63, 3.8) is 0 Å². The van der Waals surface area contributed by atoms with Crippen LogP contribution in [-0.2, 0) is 14.3 Å². The number of hydrogen-bond donors (Lipinski definition) is 1. The van der Waals surface area contributed by atoms with Crippen LogP contribution in [0, 0.1) is 11.8 Å². The molecular formula is C20H27NO4. The molecule has 2 saturated heterocycles. The molecule has 1 amide bonds. The van der Waals surface area contributed by atoms with E-state index in [2.05, 4.69) is 0 Å².